The number of esters is 1. The molecule has 5 rings (SSSR count). The molecule has 216 valence electrons. The molecule has 10 heteroatoms. The Kier molecular flexibility index (Phi) is 8.17. The second kappa shape index (κ2) is 12.0. The van der Waals surface area contributed by atoms with Gasteiger partial charge in [-0.25, -0.2) is 9.48 Å². The van der Waals surface area contributed by atoms with Crippen LogP contribution in [0.15, 0.2) is 103 Å². The van der Waals surface area contributed by atoms with E-state index in [0.717, 1.165) is 11.1 Å². The predicted molar refractivity (Wildman–Crippen MR) is 156 cm³/mol. The van der Waals surface area contributed by atoms with E-state index in [1.165, 1.54) is 6.20 Å². The number of hydrogen-bond acceptors (Lipinski definition) is 6. The number of alkyl halides is 3. The normalized spacial score (nSPS) is 13.0. The molecule has 0 bridgehead atoms. The average molecular weight is 575 g/mol. The summed E-state index contributed by atoms with van der Waals surface area (Å²) in [5.74, 6) is -0.494. The van der Waals surface area contributed by atoms with Crippen LogP contribution in [-0.2, 0) is 11.3 Å². The van der Waals surface area contributed by atoms with Gasteiger partial charge in [0.1, 0.15) is 6.61 Å². The van der Waals surface area contributed by atoms with E-state index >= 15 is 0 Å². The number of rotatable bonds is 10. The van der Waals surface area contributed by atoms with Crippen molar-refractivity contribution in [3.63, 3.8) is 0 Å². The Balaban J connectivity index is 1.36. The number of fused-ring (bicyclic) bond motifs is 1. The zero-order valence-electron chi connectivity index (χ0n) is 22.7. The van der Waals surface area contributed by atoms with Crippen molar-refractivity contribution < 1.29 is 27.8 Å². The molecule has 3 N–H and O–H groups in total. The van der Waals surface area contributed by atoms with Crippen LogP contribution < -0.4 is 10.6 Å². The minimum atomic E-state index is -4.90. The highest BCUT2D eigenvalue weighted by Gasteiger charge is 2.53. The van der Waals surface area contributed by atoms with Crippen LogP contribution in [0.1, 0.15) is 21.5 Å². The third-order valence-electron chi connectivity index (χ3n) is 6.83. The van der Waals surface area contributed by atoms with Gasteiger partial charge in [-0.05, 0) is 60.5 Å². The maximum atomic E-state index is 14.0. The number of carbonyl (C=O) groups is 1. The summed E-state index contributed by atoms with van der Waals surface area (Å²) in [6.45, 7) is 0.415. The van der Waals surface area contributed by atoms with E-state index in [2.05, 4.69) is 15.7 Å². The molecule has 0 aliphatic rings. The second-order valence-corrected chi connectivity index (χ2v) is 10.0. The van der Waals surface area contributed by atoms with Crippen LogP contribution in [0.4, 0.5) is 24.5 Å². The molecule has 7 nitrogen and oxygen atoms in total. The number of benzene rings is 4. The molecule has 4 aromatic carbocycles. The summed E-state index contributed by atoms with van der Waals surface area (Å²) in [5, 5.41) is 21.2. The van der Waals surface area contributed by atoms with Gasteiger partial charge in [-0.3, -0.25) is 0 Å². The minimum Gasteiger partial charge on any atom is -0.457 e. The molecule has 0 aliphatic carbocycles. The standard InChI is InChI=1S/C32H29F3N4O3/c1-22-15-28(37-21-31(41,32(33,34)35)20-36-25-12-6-3-7-13-25)27-18-38-39(29(27)16-22)26-14-8-11-24(17-26)30(40)42-19-23-9-4-2-5-10-23/h2-18,36-37,41H,19-21H2,1H3. The molecule has 5 aromatic rings. The first-order chi connectivity index (χ1) is 20.1. The number of aliphatic hydroxyl groups is 1. The monoisotopic (exact) mass is 574 g/mol. The lowest BCUT2D eigenvalue weighted by Crippen LogP contribution is -2.55. The molecule has 0 aliphatic heterocycles. The van der Waals surface area contributed by atoms with Crippen LogP contribution >= 0.6 is 0 Å². The maximum absolute atomic E-state index is 14.0. The van der Waals surface area contributed by atoms with Crippen molar-refractivity contribution >= 4 is 28.2 Å². The van der Waals surface area contributed by atoms with Gasteiger partial charge in [0.2, 0.25) is 0 Å². The minimum absolute atomic E-state index is 0.133. The van der Waals surface area contributed by atoms with Gasteiger partial charge in [0.25, 0.3) is 0 Å². The molecular formula is C32H29F3N4O3. The van der Waals surface area contributed by atoms with Crippen LogP contribution in [0.3, 0.4) is 0 Å². The van der Waals surface area contributed by atoms with E-state index in [9.17, 15) is 23.1 Å². The predicted octanol–water partition coefficient (Wildman–Crippen LogP) is 6.51. The summed E-state index contributed by atoms with van der Waals surface area (Å²) in [6.07, 6.45) is -3.36. The number of halogens is 3. The Morgan fingerprint density at radius 3 is 2.31 bits per heavy atom. The molecule has 1 heterocycles. The highest BCUT2D eigenvalue weighted by Crippen LogP contribution is 2.33. The van der Waals surface area contributed by atoms with E-state index in [-0.39, 0.29) is 6.61 Å². The summed E-state index contributed by atoms with van der Waals surface area (Å²) in [4.78, 5) is 12.7. The highest BCUT2D eigenvalue weighted by atomic mass is 19.4. The Labute approximate surface area is 240 Å². The van der Waals surface area contributed by atoms with Gasteiger partial charge in [0.15, 0.2) is 5.60 Å². The summed E-state index contributed by atoms with van der Waals surface area (Å²) < 4.78 is 49.1. The fraction of sp³-hybridized carbons (Fsp3) is 0.188. The van der Waals surface area contributed by atoms with E-state index in [1.54, 1.807) is 65.3 Å². The number of aryl methyl sites for hydroxylation is 1. The molecule has 1 unspecified atom stereocenters. The highest BCUT2D eigenvalue weighted by molar-refractivity contribution is 5.94. The van der Waals surface area contributed by atoms with E-state index < -0.39 is 30.8 Å². The number of hydrogen-bond donors (Lipinski definition) is 3. The number of anilines is 2. The fourth-order valence-corrected chi connectivity index (χ4v) is 4.50. The first kappa shape index (κ1) is 28.7. The number of nitrogens with zero attached hydrogens (tertiary/aromatic N) is 2. The van der Waals surface area contributed by atoms with Crippen LogP contribution in [0.25, 0.3) is 16.6 Å². The lowest BCUT2D eigenvalue weighted by atomic mass is 10.0. The molecule has 0 saturated heterocycles. The van der Waals surface area contributed by atoms with Crippen LogP contribution in [0.5, 0.6) is 0 Å². The van der Waals surface area contributed by atoms with Gasteiger partial charge in [-0.2, -0.15) is 18.3 Å². The second-order valence-electron chi connectivity index (χ2n) is 10.0. The van der Waals surface area contributed by atoms with Gasteiger partial charge in [-0.1, -0.05) is 54.6 Å². The number of ether oxygens (including phenoxy) is 1. The fourth-order valence-electron chi connectivity index (χ4n) is 4.50. The smallest absolute Gasteiger partial charge is 0.420 e. The van der Waals surface area contributed by atoms with E-state index in [0.29, 0.717) is 33.5 Å². The first-order valence-electron chi connectivity index (χ1n) is 13.2. The van der Waals surface area contributed by atoms with Crippen LogP contribution in [-0.4, -0.2) is 45.7 Å². The molecule has 1 atom stereocenters. The third-order valence-corrected chi connectivity index (χ3v) is 6.83. The van der Waals surface area contributed by atoms with E-state index in [1.807, 2.05) is 43.3 Å². The summed E-state index contributed by atoms with van der Waals surface area (Å²) in [7, 11) is 0. The SMILES string of the molecule is Cc1cc(NCC(O)(CNc2ccccc2)C(F)(F)F)c2cnn(-c3cccc(C(=O)OCc4ccccc4)c3)c2c1. The van der Waals surface area contributed by atoms with Crippen molar-refractivity contribution in [3.05, 3.63) is 120 Å². The zero-order chi connectivity index (χ0) is 29.7. The molecule has 0 amide bonds. The van der Waals surface area contributed by atoms with E-state index in [4.69, 9.17) is 4.74 Å². The number of carbonyl (C=O) groups excluding carboxylic acids is 1. The molecule has 1 aromatic heterocycles. The maximum Gasteiger partial charge on any atom is 0.420 e. The van der Waals surface area contributed by atoms with Gasteiger partial charge in [0.05, 0.1) is 36.1 Å². The summed E-state index contributed by atoms with van der Waals surface area (Å²) >= 11 is 0. The number of nitrogens with one attached hydrogen (secondary N) is 2. The lowest BCUT2D eigenvalue weighted by Gasteiger charge is -2.31. The Morgan fingerprint density at radius 1 is 0.905 bits per heavy atom. The number of para-hydroxylation sites is 1. The van der Waals surface area contributed by atoms with Crippen molar-refractivity contribution in [2.45, 2.75) is 25.3 Å². The quantitative estimate of drug-likeness (QED) is 0.165. The Morgan fingerprint density at radius 2 is 1.60 bits per heavy atom. The first-order valence-corrected chi connectivity index (χ1v) is 13.2. The third kappa shape index (κ3) is 6.39. The molecule has 0 radical (unpaired) electrons. The van der Waals surface area contributed by atoms with Crippen molar-refractivity contribution in [2.75, 3.05) is 23.7 Å². The van der Waals surface area contributed by atoms with Crippen molar-refractivity contribution in [3.8, 4) is 5.69 Å². The summed E-state index contributed by atoms with van der Waals surface area (Å²) in [6, 6.07) is 28.0. The van der Waals surface area contributed by atoms with Gasteiger partial charge < -0.3 is 20.5 Å². The van der Waals surface area contributed by atoms with Crippen molar-refractivity contribution in [2.24, 2.45) is 0 Å². The van der Waals surface area contributed by atoms with Gasteiger partial charge in [0, 0.05) is 16.8 Å². The molecule has 0 fully saturated rings. The average Bonchev–Trinajstić information content (AvgIpc) is 3.42. The van der Waals surface area contributed by atoms with Crippen molar-refractivity contribution in [1.29, 1.82) is 0 Å². The largest absolute Gasteiger partial charge is 0.457 e. The van der Waals surface area contributed by atoms with Crippen LogP contribution in [0.2, 0.25) is 0 Å². The molecule has 0 saturated carbocycles. The molecule has 42 heavy (non-hydrogen) atoms. The Bertz CT molecular complexity index is 1670. The van der Waals surface area contributed by atoms with Crippen molar-refractivity contribution in [1.82, 2.24) is 9.78 Å². The van der Waals surface area contributed by atoms with Crippen LogP contribution in [0, 0.1) is 6.92 Å². The number of aromatic nitrogens is 2. The van der Waals surface area contributed by atoms with Gasteiger partial charge >= 0.3 is 12.1 Å². The molecule has 0 spiro atoms. The zero-order valence-corrected chi connectivity index (χ0v) is 22.7. The Hall–Kier alpha value is -4.83. The summed E-state index contributed by atoms with van der Waals surface area (Å²) in [5.41, 5.74) is 0.956. The molecular weight excluding hydrogens is 545 g/mol. The van der Waals surface area contributed by atoms with Gasteiger partial charge in [-0.15, -0.1) is 0 Å². The topological polar surface area (TPSA) is 88.4 Å². The lowest BCUT2D eigenvalue weighted by molar-refractivity contribution is -0.248.